The van der Waals surface area contributed by atoms with Crippen molar-refractivity contribution < 1.29 is 4.79 Å². The molecular weight excluding hydrogens is 322 g/mol. The number of benzene rings is 1. The molecule has 24 heavy (non-hydrogen) atoms. The molecule has 2 aromatic rings. The van der Waals surface area contributed by atoms with Crippen LogP contribution in [-0.4, -0.2) is 26.6 Å². The van der Waals surface area contributed by atoms with Gasteiger partial charge in [0.15, 0.2) is 0 Å². The Bertz CT molecular complexity index is 722. The van der Waals surface area contributed by atoms with Crippen LogP contribution in [0.2, 0.25) is 5.02 Å². The molecule has 1 amide bonds. The fourth-order valence-electron chi connectivity index (χ4n) is 3.12. The Balaban J connectivity index is 1.78. The average molecular weight is 346 g/mol. The van der Waals surface area contributed by atoms with Gasteiger partial charge in [-0.1, -0.05) is 41.9 Å². The highest BCUT2D eigenvalue weighted by molar-refractivity contribution is 6.31. The molecule has 0 aliphatic heterocycles. The van der Waals surface area contributed by atoms with Gasteiger partial charge in [-0.05, 0) is 45.1 Å². The van der Waals surface area contributed by atoms with E-state index in [2.05, 4.69) is 24.2 Å². The molecule has 1 aliphatic carbocycles. The van der Waals surface area contributed by atoms with Crippen LogP contribution in [-0.2, 0) is 17.9 Å². The number of carbonyl (C=O) groups is 1. The lowest BCUT2D eigenvalue weighted by Crippen LogP contribution is -2.41. The van der Waals surface area contributed by atoms with Crippen molar-refractivity contribution >= 4 is 17.5 Å². The summed E-state index contributed by atoms with van der Waals surface area (Å²) in [6, 6.07) is 10.4. The van der Waals surface area contributed by atoms with Crippen LogP contribution in [0.15, 0.2) is 30.3 Å². The van der Waals surface area contributed by atoms with E-state index in [-0.39, 0.29) is 18.5 Å². The standard InChI is InChI=1S/C19H24ClN3O/c1-13-19(20)15(3)23(21-13)12-18(24)22(14(2)17-9-10-17)11-16-7-5-4-6-8-16/h4-8,14,17H,9-12H2,1-3H3. The Morgan fingerprint density at radius 1 is 1.33 bits per heavy atom. The number of hydrogen-bond acceptors (Lipinski definition) is 2. The van der Waals surface area contributed by atoms with E-state index in [4.69, 9.17) is 11.6 Å². The number of aryl methyl sites for hydroxylation is 1. The summed E-state index contributed by atoms with van der Waals surface area (Å²) in [5.41, 5.74) is 2.78. The van der Waals surface area contributed by atoms with Crippen molar-refractivity contribution in [2.24, 2.45) is 5.92 Å². The van der Waals surface area contributed by atoms with Gasteiger partial charge in [0, 0.05) is 12.6 Å². The summed E-state index contributed by atoms with van der Waals surface area (Å²) < 4.78 is 1.72. The van der Waals surface area contributed by atoms with Crippen molar-refractivity contribution in [2.45, 2.75) is 52.7 Å². The molecule has 1 atom stereocenters. The van der Waals surface area contributed by atoms with Crippen molar-refractivity contribution in [1.29, 1.82) is 0 Å². The SMILES string of the molecule is Cc1nn(CC(=O)N(Cc2ccccc2)C(C)C2CC2)c(C)c1Cl. The molecule has 128 valence electrons. The lowest BCUT2D eigenvalue weighted by molar-refractivity contribution is -0.135. The molecule has 3 rings (SSSR count). The number of carbonyl (C=O) groups excluding carboxylic acids is 1. The minimum Gasteiger partial charge on any atom is -0.334 e. The van der Waals surface area contributed by atoms with E-state index < -0.39 is 0 Å². The van der Waals surface area contributed by atoms with Crippen LogP contribution < -0.4 is 0 Å². The predicted octanol–water partition coefficient (Wildman–Crippen LogP) is 3.98. The van der Waals surface area contributed by atoms with E-state index in [9.17, 15) is 4.79 Å². The van der Waals surface area contributed by atoms with Gasteiger partial charge in [0.05, 0.1) is 16.4 Å². The average Bonchev–Trinajstić information content (AvgIpc) is 3.39. The highest BCUT2D eigenvalue weighted by atomic mass is 35.5. The maximum atomic E-state index is 13.0. The highest BCUT2D eigenvalue weighted by Gasteiger charge is 2.34. The monoisotopic (exact) mass is 345 g/mol. The molecule has 1 aliphatic rings. The normalized spacial score (nSPS) is 15.3. The molecular formula is C19H24ClN3O. The first-order chi connectivity index (χ1) is 11.5. The number of rotatable bonds is 6. The summed E-state index contributed by atoms with van der Waals surface area (Å²) in [7, 11) is 0. The number of nitrogens with zero attached hydrogens (tertiary/aromatic N) is 3. The van der Waals surface area contributed by atoms with Gasteiger partial charge in [0.1, 0.15) is 6.54 Å². The molecule has 1 aromatic carbocycles. The van der Waals surface area contributed by atoms with Crippen molar-refractivity contribution in [3.63, 3.8) is 0 Å². The van der Waals surface area contributed by atoms with Gasteiger partial charge in [-0.2, -0.15) is 5.10 Å². The van der Waals surface area contributed by atoms with Crippen LogP contribution in [0.3, 0.4) is 0 Å². The highest BCUT2D eigenvalue weighted by Crippen LogP contribution is 2.36. The fraction of sp³-hybridized carbons (Fsp3) is 0.474. The number of halogens is 1. The topological polar surface area (TPSA) is 38.1 Å². The Morgan fingerprint density at radius 3 is 2.54 bits per heavy atom. The van der Waals surface area contributed by atoms with Crippen LogP contribution in [0.25, 0.3) is 0 Å². The first kappa shape index (κ1) is 17.0. The summed E-state index contributed by atoms with van der Waals surface area (Å²) in [6.45, 7) is 6.81. The van der Waals surface area contributed by atoms with Crippen LogP contribution in [0.4, 0.5) is 0 Å². The van der Waals surface area contributed by atoms with E-state index in [1.54, 1.807) is 4.68 Å². The van der Waals surface area contributed by atoms with Crippen molar-refractivity contribution in [3.8, 4) is 0 Å². The van der Waals surface area contributed by atoms with Crippen LogP contribution in [0, 0.1) is 19.8 Å². The van der Waals surface area contributed by atoms with Crippen LogP contribution in [0.5, 0.6) is 0 Å². The zero-order valence-corrected chi connectivity index (χ0v) is 15.3. The number of amides is 1. The third-order valence-electron chi connectivity index (χ3n) is 4.89. The van der Waals surface area contributed by atoms with Gasteiger partial charge in [-0.15, -0.1) is 0 Å². The molecule has 0 N–H and O–H groups in total. The molecule has 1 fully saturated rings. The lowest BCUT2D eigenvalue weighted by Gasteiger charge is -2.30. The fourth-order valence-corrected chi connectivity index (χ4v) is 3.26. The number of hydrogen-bond donors (Lipinski definition) is 0. The molecule has 1 heterocycles. The summed E-state index contributed by atoms with van der Waals surface area (Å²) in [5, 5.41) is 5.04. The Hall–Kier alpha value is -1.81. The molecule has 0 spiro atoms. The largest absolute Gasteiger partial charge is 0.334 e. The summed E-state index contributed by atoms with van der Waals surface area (Å²) >= 11 is 6.21. The Labute approximate surface area is 148 Å². The van der Waals surface area contributed by atoms with Crippen LogP contribution in [0.1, 0.15) is 36.7 Å². The summed E-state index contributed by atoms with van der Waals surface area (Å²) in [4.78, 5) is 15.0. The maximum Gasteiger partial charge on any atom is 0.244 e. The molecule has 4 nitrogen and oxygen atoms in total. The Morgan fingerprint density at radius 2 is 2.00 bits per heavy atom. The van der Waals surface area contributed by atoms with E-state index in [0.717, 1.165) is 17.0 Å². The molecule has 5 heteroatoms. The zero-order valence-electron chi connectivity index (χ0n) is 14.5. The van der Waals surface area contributed by atoms with E-state index >= 15 is 0 Å². The van der Waals surface area contributed by atoms with Gasteiger partial charge in [0.25, 0.3) is 0 Å². The lowest BCUT2D eigenvalue weighted by atomic mass is 10.1. The van der Waals surface area contributed by atoms with Crippen LogP contribution >= 0.6 is 11.6 Å². The van der Waals surface area contributed by atoms with Gasteiger partial charge >= 0.3 is 0 Å². The van der Waals surface area contributed by atoms with Crippen molar-refractivity contribution in [2.75, 3.05) is 0 Å². The van der Waals surface area contributed by atoms with Gasteiger partial charge < -0.3 is 4.90 Å². The molecule has 0 radical (unpaired) electrons. The van der Waals surface area contributed by atoms with Gasteiger partial charge in [-0.3, -0.25) is 9.48 Å². The quantitative estimate of drug-likeness (QED) is 0.794. The molecule has 1 aromatic heterocycles. The van der Waals surface area contributed by atoms with E-state index in [0.29, 0.717) is 17.5 Å². The minimum atomic E-state index is 0.0977. The smallest absolute Gasteiger partial charge is 0.244 e. The molecule has 1 unspecified atom stereocenters. The first-order valence-electron chi connectivity index (χ1n) is 8.50. The van der Waals surface area contributed by atoms with Gasteiger partial charge in [0.2, 0.25) is 5.91 Å². The maximum absolute atomic E-state index is 13.0. The van der Waals surface area contributed by atoms with Crippen molar-refractivity contribution in [1.82, 2.24) is 14.7 Å². The van der Waals surface area contributed by atoms with Gasteiger partial charge in [-0.25, -0.2) is 0 Å². The van der Waals surface area contributed by atoms with E-state index in [1.807, 2.05) is 36.9 Å². The third kappa shape index (κ3) is 3.64. The number of aromatic nitrogens is 2. The minimum absolute atomic E-state index is 0.0977. The second kappa shape index (κ2) is 6.98. The molecule has 0 saturated heterocycles. The zero-order chi connectivity index (χ0) is 17.3. The van der Waals surface area contributed by atoms with Crippen molar-refractivity contribution in [3.05, 3.63) is 52.3 Å². The summed E-state index contributed by atoms with van der Waals surface area (Å²) in [6.07, 6.45) is 2.43. The predicted molar refractivity (Wildman–Crippen MR) is 95.9 cm³/mol. The summed E-state index contributed by atoms with van der Waals surface area (Å²) in [5.74, 6) is 0.724. The second-order valence-corrected chi connectivity index (χ2v) is 7.11. The third-order valence-corrected chi connectivity index (χ3v) is 5.44. The Kier molecular flexibility index (Phi) is 4.95. The first-order valence-corrected chi connectivity index (χ1v) is 8.88. The molecule has 1 saturated carbocycles. The van der Waals surface area contributed by atoms with E-state index in [1.165, 1.54) is 12.8 Å². The second-order valence-electron chi connectivity index (χ2n) is 6.73. The molecule has 0 bridgehead atoms.